The molecule has 0 saturated carbocycles. The minimum Gasteiger partial charge on any atom is -0.370 e. The maximum absolute atomic E-state index is 7.39. The van der Waals surface area contributed by atoms with Crippen molar-refractivity contribution in [2.45, 2.75) is 40.2 Å². The Morgan fingerprint density at radius 1 is 1.00 bits per heavy atom. The van der Waals surface area contributed by atoms with Gasteiger partial charge in [-0.1, -0.05) is 44.2 Å². The molecule has 0 radical (unpaired) electrons. The number of rotatable bonds is 4. The fourth-order valence-electron chi connectivity index (χ4n) is 3.08. The number of aromatic nitrogens is 1. The number of piperazine rings is 1. The van der Waals surface area contributed by atoms with Crippen LogP contribution in [0.25, 0.3) is 0 Å². The topological polar surface area (TPSA) is 69.2 Å². The number of aryl methyl sites for hydroxylation is 3. The highest BCUT2D eigenvalue weighted by atomic mass is 15.3. The summed E-state index contributed by atoms with van der Waals surface area (Å²) in [5.41, 5.74) is 10.7. The van der Waals surface area contributed by atoms with E-state index in [0.717, 1.165) is 51.3 Å². The second kappa shape index (κ2) is 10.7. The van der Waals surface area contributed by atoms with Crippen LogP contribution in [0, 0.1) is 12.3 Å². The maximum Gasteiger partial charge on any atom is 0.188 e. The van der Waals surface area contributed by atoms with E-state index in [1.807, 2.05) is 24.1 Å². The van der Waals surface area contributed by atoms with Gasteiger partial charge in [-0.05, 0) is 42.5 Å². The van der Waals surface area contributed by atoms with Gasteiger partial charge in [0.05, 0.1) is 0 Å². The molecule has 1 aliphatic rings. The summed E-state index contributed by atoms with van der Waals surface area (Å²) >= 11 is 0. The Morgan fingerprint density at radius 2 is 1.56 bits per heavy atom. The summed E-state index contributed by atoms with van der Waals surface area (Å²) in [5, 5.41) is 7.39. The van der Waals surface area contributed by atoms with Crippen molar-refractivity contribution >= 4 is 5.96 Å². The van der Waals surface area contributed by atoms with Gasteiger partial charge in [-0.15, -0.1) is 0 Å². The Hall–Kier alpha value is -2.40. The molecule has 1 fully saturated rings. The lowest BCUT2D eigenvalue weighted by atomic mass is 10.1. The number of nitrogens with zero attached hydrogens (tertiary/aromatic N) is 3. The predicted octanol–water partition coefficient (Wildman–Crippen LogP) is 3.21. The summed E-state index contributed by atoms with van der Waals surface area (Å²) in [4.78, 5) is 8.58. The third-order valence-corrected chi connectivity index (χ3v) is 5.06. The van der Waals surface area contributed by atoms with Crippen LogP contribution >= 0.6 is 0 Å². The molecule has 0 amide bonds. The molecule has 3 N–H and O–H groups in total. The molecule has 5 nitrogen and oxygen atoms in total. The van der Waals surface area contributed by atoms with E-state index >= 15 is 0 Å². The zero-order valence-corrected chi connectivity index (χ0v) is 16.9. The van der Waals surface area contributed by atoms with Crippen LogP contribution in [0.15, 0.2) is 42.6 Å². The SMILES string of the molecule is CCc1ccc(CC)cc1.Cc1ncccc1CN1CCN(C(=N)N)CC1. The van der Waals surface area contributed by atoms with Crippen molar-refractivity contribution < 1.29 is 0 Å². The highest BCUT2D eigenvalue weighted by Crippen LogP contribution is 2.10. The summed E-state index contributed by atoms with van der Waals surface area (Å²) in [6, 6.07) is 12.9. The Labute approximate surface area is 163 Å². The Bertz CT molecular complexity index is 680. The molecule has 146 valence electrons. The van der Waals surface area contributed by atoms with Crippen LogP contribution in [0.2, 0.25) is 0 Å². The van der Waals surface area contributed by atoms with Gasteiger partial charge in [0, 0.05) is 44.6 Å². The van der Waals surface area contributed by atoms with Gasteiger partial charge in [-0.25, -0.2) is 0 Å². The van der Waals surface area contributed by atoms with Gasteiger partial charge >= 0.3 is 0 Å². The average molecular weight is 368 g/mol. The van der Waals surface area contributed by atoms with Crippen LogP contribution < -0.4 is 5.73 Å². The highest BCUT2D eigenvalue weighted by molar-refractivity contribution is 5.74. The fourth-order valence-corrected chi connectivity index (χ4v) is 3.08. The second-order valence-corrected chi connectivity index (χ2v) is 6.92. The zero-order chi connectivity index (χ0) is 19.6. The first-order valence-corrected chi connectivity index (χ1v) is 9.83. The van der Waals surface area contributed by atoms with E-state index in [4.69, 9.17) is 11.1 Å². The van der Waals surface area contributed by atoms with E-state index in [1.165, 1.54) is 16.7 Å². The van der Waals surface area contributed by atoms with Crippen molar-refractivity contribution in [3.63, 3.8) is 0 Å². The van der Waals surface area contributed by atoms with Gasteiger partial charge < -0.3 is 10.6 Å². The average Bonchev–Trinajstić information content (AvgIpc) is 2.70. The number of pyridine rings is 1. The van der Waals surface area contributed by atoms with Gasteiger partial charge in [0.15, 0.2) is 5.96 Å². The number of nitrogens with one attached hydrogen (secondary N) is 1. The molecule has 27 heavy (non-hydrogen) atoms. The zero-order valence-electron chi connectivity index (χ0n) is 16.9. The molecule has 0 aliphatic carbocycles. The highest BCUT2D eigenvalue weighted by Gasteiger charge is 2.17. The second-order valence-electron chi connectivity index (χ2n) is 6.92. The Morgan fingerprint density at radius 3 is 2.00 bits per heavy atom. The predicted molar refractivity (Wildman–Crippen MR) is 113 cm³/mol. The molecular weight excluding hydrogens is 334 g/mol. The van der Waals surface area contributed by atoms with Crippen LogP contribution in [-0.2, 0) is 19.4 Å². The largest absolute Gasteiger partial charge is 0.370 e. The van der Waals surface area contributed by atoms with Gasteiger partial charge in [-0.2, -0.15) is 0 Å². The minimum atomic E-state index is 0.183. The van der Waals surface area contributed by atoms with E-state index < -0.39 is 0 Å². The molecule has 1 aromatic carbocycles. The number of hydrogen-bond acceptors (Lipinski definition) is 3. The lowest BCUT2D eigenvalue weighted by Crippen LogP contribution is -2.50. The summed E-state index contributed by atoms with van der Waals surface area (Å²) in [6.07, 6.45) is 4.11. The number of nitrogens with two attached hydrogens (primary N) is 1. The molecule has 0 spiro atoms. The van der Waals surface area contributed by atoms with E-state index in [-0.39, 0.29) is 5.96 Å². The molecule has 1 aromatic heterocycles. The maximum atomic E-state index is 7.39. The molecule has 1 saturated heterocycles. The van der Waals surface area contributed by atoms with Crippen molar-refractivity contribution in [2.24, 2.45) is 5.73 Å². The number of guanidine groups is 1. The molecule has 5 heteroatoms. The van der Waals surface area contributed by atoms with Crippen LogP contribution in [-0.4, -0.2) is 46.9 Å². The monoisotopic (exact) mass is 367 g/mol. The third-order valence-electron chi connectivity index (χ3n) is 5.06. The lowest BCUT2D eigenvalue weighted by Gasteiger charge is -2.35. The van der Waals surface area contributed by atoms with Crippen molar-refractivity contribution in [1.82, 2.24) is 14.8 Å². The van der Waals surface area contributed by atoms with Gasteiger partial charge in [0.2, 0.25) is 0 Å². The van der Waals surface area contributed by atoms with E-state index in [9.17, 15) is 0 Å². The molecule has 0 bridgehead atoms. The van der Waals surface area contributed by atoms with Crippen LogP contribution in [0.4, 0.5) is 0 Å². The summed E-state index contributed by atoms with van der Waals surface area (Å²) in [7, 11) is 0. The first-order chi connectivity index (χ1) is 13.0. The third kappa shape index (κ3) is 6.68. The van der Waals surface area contributed by atoms with Crippen LogP contribution in [0.3, 0.4) is 0 Å². The molecule has 0 unspecified atom stereocenters. The summed E-state index contributed by atoms with van der Waals surface area (Å²) in [5.74, 6) is 0.183. The van der Waals surface area contributed by atoms with Crippen molar-refractivity contribution in [3.8, 4) is 0 Å². The van der Waals surface area contributed by atoms with Crippen LogP contribution in [0.5, 0.6) is 0 Å². The molecular formula is C22H33N5. The number of hydrogen-bond donors (Lipinski definition) is 2. The van der Waals surface area contributed by atoms with Crippen LogP contribution in [0.1, 0.15) is 36.2 Å². The molecule has 3 rings (SSSR count). The number of benzene rings is 1. The quantitative estimate of drug-likeness (QED) is 0.643. The van der Waals surface area contributed by atoms with E-state index in [1.54, 1.807) is 0 Å². The van der Waals surface area contributed by atoms with Crippen molar-refractivity contribution in [2.75, 3.05) is 26.2 Å². The first-order valence-electron chi connectivity index (χ1n) is 9.83. The standard InChI is InChI=1S/C12H19N5.C10H14/c1-10-11(3-2-4-15-10)9-16-5-7-17(8-6-16)12(13)14;1-3-9-5-7-10(4-2)8-6-9/h2-4H,5-9H2,1H3,(H3,13,14);5-8H,3-4H2,1-2H3. The Kier molecular flexibility index (Phi) is 8.27. The summed E-state index contributed by atoms with van der Waals surface area (Å²) in [6.45, 7) is 10.9. The van der Waals surface area contributed by atoms with Crippen molar-refractivity contribution in [1.29, 1.82) is 5.41 Å². The fraction of sp³-hybridized carbons (Fsp3) is 0.455. The molecule has 2 heterocycles. The molecule has 1 aliphatic heterocycles. The van der Waals surface area contributed by atoms with Crippen molar-refractivity contribution in [3.05, 3.63) is 65.0 Å². The van der Waals surface area contributed by atoms with E-state index in [0.29, 0.717) is 0 Å². The normalized spacial score (nSPS) is 14.4. The van der Waals surface area contributed by atoms with E-state index in [2.05, 4.69) is 54.1 Å². The first kappa shape index (κ1) is 20.9. The molecule has 0 atom stereocenters. The minimum absolute atomic E-state index is 0.183. The smallest absolute Gasteiger partial charge is 0.188 e. The molecule has 2 aromatic rings. The van der Waals surface area contributed by atoms with Gasteiger partial charge in [0.1, 0.15) is 0 Å². The van der Waals surface area contributed by atoms with Gasteiger partial charge in [0.25, 0.3) is 0 Å². The van der Waals surface area contributed by atoms with Gasteiger partial charge in [-0.3, -0.25) is 15.3 Å². The lowest BCUT2D eigenvalue weighted by molar-refractivity contribution is 0.173. The Balaban J connectivity index is 0.000000223. The summed E-state index contributed by atoms with van der Waals surface area (Å²) < 4.78 is 0.